The highest BCUT2D eigenvalue weighted by molar-refractivity contribution is 6.05. The third-order valence-corrected chi connectivity index (χ3v) is 3.69. The SMILES string of the molecule is COC(=O)c1ccc2c(c1)N(C1CC1)C(C)C(=O)N2. The Hall–Kier alpha value is -2.04. The molecular formula is C14H16N2O3. The van der Waals surface area contributed by atoms with Gasteiger partial charge in [-0.25, -0.2) is 4.79 Å². The van der Waals surface area contributed by atoms with E-state index in [2.05, 4.69) is 10.2 Å². The predicted molar refractivity (Wildman–Crippen MR) is 71.4 cm³/mol. The van der Waals surface area contributed by atoms with E-state index in [1.54, 1.807) is 18.2 Å². The highest BCUT2D eigenvalue weighted by Crippen LogP contribution is 2.40. The normalized spacial score (nSPS) is 21.7. The highest BCUT2D eigenvalue weighted by atomic mass is 16.5. The molecule has 1 amide bonds. The number of rotatable bonds is 2. The molecule has 1 saturated carbocycles. The van der Waals surface area contributed by atoms with Gasteiger partial charge in [0, 0.05) is 6.04 Å². The van der Waals surface area contributed by atoms with E-state index in [0.29, 0.717) is 11.6 Å². The van der Waals surface area contributed by atoms with E-state index in [9.17, 15) is 9.59 Å². The summed E-state index contributed by atoms with van der Waals surface area (Å²) in [6.45, 7) is 1.89. The molecule has 5 nitrogen and oxygen atoms in total. The van der Waals surface area contributed by atoms with Crippen LogP contribution in [0.2, 0.25) is 0 Å². The number of carbonyl (C=O) groups excluding carboxylic acids is 2. The molecule has 0 saturated heterocycles. The summed E-state index contributed by atoms with van der Waals surface area (Å²) in [6.07, 6.45) is 2.19. The Labute approximate surface area is 111 Å². The fourth-order valence-electron chi connectivity index (χ4n) is 2.53. The topological polar surface area (TPSA) is 58.6 Å². The zero-order valence-electron chi connectivity index (χ0n) is 11.0. The molecule has 1 aliphatic carbocycles. The first-order chi connectivity index (χ1) is 9.11. The lowest BCUT2D eigenvalue weighted by Gasteiger charge is -2.36. The quantitative estimate of drug-likeness (QED) is 0.823. The average molecular weight is 260 g/mol. The molecule has 3 rings (SSSR count). The molecule has 1 atom stereocenters. The van der Waals surface area contributed by atoms with Crippen molar-refractivity contribution in [3.63, 3.8) is 0 Å². The van der Waals surface area contributed by atoms with Crippen LogP contribution < -0.4 is 10.2 Å². The lowest BCUT2D eigenvalue weighted by Crippen LogP contribution is -2.47. The van der Waals surface area contributed by atoms with Crippen LogP contribution in [0.15, 0.2) is 18.2 Å². The van der Waals surface area contributed by atoms with Crippen LogP contribution >= 0.6 is 0 Å². The second kappa shape index (κ2) is 4.26. The molecule has 1 fully saturated rings. The van der Waals surface area contributed by atoms with Crippen LogP contribution in [-0.2, 0) is 9.53 Å². The fourth-order valence-corrected chi connectivity index (χ4v) is 2.53. The first-order valence-corrected chi connectivity index (χ1v) is 6.43. The largest absolute Gasteiger partial charge is 0.465 e. The Morgan fingerprint density at radius 1 is 1.42 bits per heavy atom. The van der Waals surface area contributed by atoms with Crippen LogP contribution in [0.4, 0.5) is 11.4 Å². The monoisotopic (exact) mass is 260 g/mol. The Morgan fingerprint density at radius 3 is 2.79 bits per heavy atom. The molecule has 1 N–H and O–H groups in total. The first kappa shape index (κ1) is 12.0. The van der Waals surface area contributed by atoms with Gasteiger partial charge in [-0.15, -0.1) is 0 Å². The molecule has 1 heterocycles. The number of methoxy groups -OCH3 is 1. The Kier molecular flexibility index (Phi) is 2.69. The maximum atomic E-state index is 11.9. The maximum Gasteiger partial charge on any atom is 0.337 e. The minimum absolute atomic E-state index is 0.00483. The summed E-state index contributed by atoms with van der Waals surface area (Å²) in [4.78, 5) is 25.7. The molecule has 1 aliphatic heterocycles. The minimum atomic E-state index is -0.358. The first-order valence-electron chi connectivity index (χ1n) is 6.43. The molecule has 0 radical (unpaired) electrons. The molecule has 0 spiro atoms. The molecule has 1 unspecified atom stereocenters. The number of amides is 1. The summed E-state index contributed by atoms with van der Waals surface area (Å²) >= 11 is 0. The molecule has 19 heavy (non-hydrogen) atoms. The molecule has 2 aliphatic rings. The number of anilines is 2. The van der Waals surface area contributed by atoms with Crippen LogP contribution in [0.25, 0.3) is 0 Å². The van der Waals surface area contributed by atoms with Crippen molar-refractivity contribution in [2.75, 3.05) is 17.3 Å². The van der Waals surface area contributed by atoms with Crippen LogP contribution in [0.1, 0.15) is 30.1 Å². The maximum absolute atomic E-state index is 11.9. The summed E-state index contributed by atoms with van der Waals surface area (Å²) < 4.78 is 4.74. The van der Waals surface area contributed by atoms with E-state index < -0.39 is 0 Å². The molecule has 0 aromatic heterocycles. The van der Waals surface area contributed by atoms with Gasteiger partial charge in [-0.2, -0.15) is 0 Å². The van der Waals surface area contributed by atoms with Crippen molar-refractivity contribution in [3.05, 3.63) is 23.8 Å². The van der Waals surface area contributed by atoms with Crippen molar-refractivity contribution in [2.45, 2.75) is 31.8 Å². The van der Waals surface area contributed by atoms with Gasteiger partial charge in [0.05, 0.1) is 24.0 Å². The molecule has 1 aromatic rings. The molecule has 0 bridgehead atoms. The molecule has 1 aromatic carbocycles. The van der Waals surface area contributed by atoms with Crippen molar-refractivity contribution in [3.8, 4) is 0 Å². The average Bonchev–Trinajstić information content (AvgIpc) is 3.23. The Bertz CT molecular complexity index is 552. The van der Waals surface area contributed by atoms with E-state index in [1.165, 1.54) is 7.11 Å². The fraction of sp³-hybridized carbons (Fsp3) is 0.429. The third-order valence-electron chi connectivity index (χ3n) is 3.69. The lowest BCUT2D eigenvalue weighted by atomic mass is 10.1. The number of nitrogens with zero attached hydrogens (tertiary/aromatic N) is 1. The summed E-state index contributed by atoms with van der Waals surface area (Å²) in [7, 11) is 1.37. The smallest absolute Gasteiger partial charge is 0.337 e. The van der Waals surface area contributed by atoms with Crippen molar-refractivity contribution in [1.82, 2.24) is 0 Å². The van der Waals surface area contributed by atoms with Gasteiger partial charge < -0.3 is 15.0 Å². The molecule has 100 valence electrons. The number of hydrogen-bond acceptors (Lipinski definition) is 4. The van der Waals surface area contributed by atoms with Crippen molar-refractivity contribution < 1.29 is 14.3 Å². The summed E-state index contributed by atoms with van der Waals surface area (Å²) in [5, 5.41) is 2.87. The van der Waals surface area contributed by atoms with E-state index in [4.69, 9.17) is 4.74 Å². The van der Waals surface area contributed by atoms with E-state index in [0.717, 1.165) is 24.2 Å². The Balaban J connectivity index is 2.05. The van der Waals surface area contributed by atoms with Gasteiger partial charge in [0.15, 0.2) is 0 Å². The van der Waals surface area contributed by atoms with E-state index >= 15 is 0 Å². The number of esters is 1. The van der Waals surface area contributed by atoms with Crippen molar-refractivity contribution >= 4 is 23.3 Å². The van der Waals surface area contributed by atoms with Gasteiger partial charge in [-0.3, -0.25) is 4.79 Å². The van der Waals surface area contributed by atoms with Gasteiger partial charge >= 0.3 is 5.97 Å². The number of nitrogens with one attached hydrogen (secondary N) is 1. The van der Waals surface area contributed by atoms with Gasteiger partial charge in [0.1, 0.15) is 6.04 Å². The zero-order chi connectivity index (χ0) is 13.6. The number of hydrogen-bond donors (Lipinski definition) is 1. The molecule has 5 heteroatoms. The van der Waals surface area contributed by atoms with Crippen molar-refractivity contribution in [1.29, 1.82) is 0 Å². The van der Waals surface area contributed by atoms with Gasteiger partial charge in [-0.05, 0) is 38.0 Å². The van der Waals surface area contributed by atoms with Gasteiger partial charge in [-0.1, -0.05) is 0 Å². The lowest BCUT2D eigenvalue weighted by molar-refractivity contribution is -0.117. The summed E-state index contributed by atoms with van der Waals surface area (Å²) in [6, 6.07) is 5.45. The van der Waals surface area contributed by atoms with Crippen molar-refractivity contribution in [2.24, 2.45) is 0 Å². The van der Waals surface area contributed by atoms with E-state index in [1.807, 2.05) is 6.92 Å². The number of carbonyl (C=O) groups is 2. The standard InChI is InChI=1S/C14H16N2O3/c1-8-13(17)15-11-6-3-9(14(18)19-2)7-12(11)16(8)10-4-5-10/h3,6-8,10H,4-5H2,1-2H3,(H,15,17). The van der Waals surface area contributed by atoms with Crippen LogP contribution in [-0.4, -0.2) is 31.1 Å². The van der Waals surface area contributed by atoms with Crippen LogP contribution in [0, 0.1) is 0 Å². The van der Waals surface area contributed by atoms with Gasteiger partial charge in [0.25, 0.3) is 0 Å². The highest BCUT2D eigenvalue weighted by Gasteiger charge is 2.39. The second-order valence-corrected chi connectivity index (χ2v) is 5.03. The Morgan fingerprint density at radius 2 is 2.16 bits per heavy atom. The molecular weight excluding hydrogens is 244 g/mol. The minimum Gasteiger partial charge on any atom is -0.465 e. The van der Waals surface area contributed by atoms with E-state index in [-0.39, 0.29) is 17.9 Å². The predicted octanol–water partition coefficient (Wildman–Crippen LogP) is 1.78. The van der Waals surface area contributed by atoms with Crippen LogP contribution in [0.5, 0.6) is 0 Å². The number of ether oxygens (including phenoxy) is 1. The third kappa shape index (κ3) is 1.95. The van der Waals surface area contributed by atoms with Gasteiger partial charge in [0.2, 0.25) is 5.91 Å². The summed E-state index contributed by atoms with van der Waals surface area (Å²) in [5.41, 5.74) is 2.19. The number of fused-ring (bicyclic) bond motifs is 1. The van der Waals surface area contributed by atoms with Crippen LogP contribution in [0.3, 0.4) is 0 Å². The zero-order valence-corrected chi connectivity index (χ0v) is 11.0. The summed E-state index contributed by atoms with van der Waals surface area (Å²) in [5.74, 6) is -0.353. The number of benzene rings is 1. The second-order valence-electron chi connectivity index (χ2n) is 5.03.